The summed E-state index contributed by atoms with van der Waals surface area (Å²) in [6.07, 6.45) is 3.69. The minimum Gasteiger partial charge on any atom is -0.486 e. The predicted octanol–water partition coefficient (Wildman–Crippen LogP) is 6.14. The van der Waals surface area contributed by atoms with Crippen molar-refractivity contribution in [1.29, 1.82) is 0 Å². The molecule has 32 heavy (non-hydrogen) atoms. The van der Waals surface area contributed by atoms with Crippen molar-refractivity contribution in [1.82, 2.24) is 4.90 Å². The van der Waals surface area contributed by atoms with Crippen molar-refractivity contribution < 1.29 is 14.3 Å². The maximum atomic E-state index is 12.3. The first kappa shape index (κ1) is 22.1. The first-order valence-electron chi connectivity index (χ1n) is 11.5. The highest BCUT2D eigenvalue weighted by atomic mass is 16.5. The Hall–Kier alpha value is -3.11. The zero-order valence-electron chi connectivity index (χ0n) is 18.7. The number of rotatable bonds is 8. The molecular formula is C28H31NO3. The first-order valence-corrected chi connectivity index (χ1v) is 11.5. The number of piperidine rings is 1. The molecule has 1 aliphatic rings. The number of likely N-dealkylation sites (tertiary alicyclic amines) is 1. The summed E-state index contributed by atoms with van der Waals surface area (Å²) in [5, 5.41) is 0. The summed E-state index contributed by atoms with van der Waals surface area (Å²) >= 11 is 0. The lowest BCUT2D eigenvalue weighted by atomic mass is 10.0. The first-order chi connectivity index (χ1) is 15.7. The highest BCUT2D eigenvalue weighted by molar-refractivity contribution is 5.89. The molecule has 1 aliphatic heterocycles. The smallest absolute Gasteiger partial charge is 0.338 e. The second-order valence-corrected chi connectivity index (χ2v) is 8.31. The molecule has 0 N–H and O–H groups in total. The van der Waals surface area contributed by atoms with Gasteiger partial charge in [0, 0.05) is 6.54 Å². The molecule has 4 heteroatoms. The fourth-order valence-electron chi connectivity index (χ4n) is 4.05. The van der Waals surface area contributed by atoms with Crippen molar-refractivity contribution in [3.63, 3.8) is 0 Å². The Morgan fingerprint density at radius 3 is 2.19 bits per heavy atom. The van der Waals surface area contributed by atoms with Crippen LogP contribution in [0.3, 0.4) is 0 Å². The lowest BCUT2D eigenvalue weighted by Crippen LogP contribution is -2.33. The zero-order valence-corrected chi connectivity index (χ0v) is 18.7. The Morgan fingerprint density at radius 1 is 0.844 bits per heavy atom. The summed E-state index contributed by atoms with van der Waals surface area (Å²) in [6.45, 7) is 5.49. The van der Waals surface area contributed by atoms with Crippen molar-refractivity contribution in [2.45, 2.75) is 32.3 Å². The summed E-state index contributed by atoms with van der Waals surface area (Å²) in [5.74, 6) is 0.451. The zero-order chi connectivity index (χ0) is 22.2. The van der Waals surface area contributed by atoms with Crippen molar-refractivity contribution in [2.75, 3.05) is 26.2 Å². The van der Waals surface area contributed by atoms with Gasteiger partial charge in [-0.1, -0.05) is 61.0 Å². The van der Waals surface area contributed by atoms with Gasteiger partial charge in [-0.05, 0) is 73.8 Å². The molecule has 4 nitrogen and oxygen atoms in total. The fourth-order valence-corrected chi connectivity index (χ4v) is 4.05. The van der Waals surface area contributed by atoms with E-state index in [1.807, 2.05) is 37.3 Å². The largest absolute Gasteiger partial charge is 0.486 e. The second-order valence-electron chi connectivity index (χ2n) is 8.31. The molecule has 1 fully saturated rings. The molecule has 1 atom stereocenters. The molecule has 1 heterocycles. The van der Waals surface area contributed by atoms with E-state index in [0.29, 0.717) is 12.2 Å². The Morgan fingerprint density at radius 2 is 1.50 bits per heavy atom. The van der Waals surface area contributed by atoms with Gasteiger partial charge in [0.2, 0.25) is 0 Å². The minimum absolute atomic E-state index is 0.0952. The van der Waals surface area contributed by atoms with Crippen LogP contribution in [0.4, 0.5) is 0 Å². The number of ether oxygens (including phenoxy) is 2. The number of nitrogens with zero attached hydrogens (tertiary/aromatic N) is 1. The Balaban J connectivity index is 1.27. The normalized spacial score (nSPS) is 15.2. The van der Waals surface area contributed by atoms with Crippen LogP contribution in [0.1, 0.15) is 48.2 Å². The summed E-state index contributed by atoms with van der Waals surface area (Å²) in [6, 6.07) is 26.0. The van der Waals surface area contributed by atoms with Gasteiger partial charge in [-0.2, -0.15) is 0 Å². The molecule has 4 rings (SSSR count). The van der Waals surface area contributed by atoms with Gasteiger partial charge in [0.05, 0.1) is 5.56 Å². The molecule has 3 aromatic carbocycles. The van der Waals surface area contributed by atoms with Gasteiger partial charge in [0.25, 0.3) is 0 Å². The highest BCUT2D eigenvalue weighted by Crippen LogP contribution is 2.25. The van der Waals surface area contributed by atoms with Crippen molar-refractivity contribution >= 4 is 5.97 Å². The van der Waals surface area contributed by atoms with Crippen LogP contribution in [-0.2, 0) is 4.74 Å². The van der Waals surface area contributed by atoms with Crippen LogP contribution in [0.5, 0.6) is 5.75 Å². The average molecular weight is 430 g/mol. The molecular weight excluding hydrogens is 398 g/mol. The topological polar surface area (TPSA) is 38.8 Å². The van der Waals surface area contributed by atoms with E-state index in [0.717, 1.165) is 30.9 Å². The summed E-state index contributed by atoms with van der Waals surface area (Å²) in [7, 11) is 0. The average Bonchev–Trinajstić information content (AvgIpc) is 2.86. The number of carbonyl (C=O) groups excluding carboxylic acids is 1. The van der Waals surface area contributed by atoms with E-state index in [4.69, 9.17) is 9.47 Å². The molecule has 0 spiro atoms. The Labute approximate surface area is 190 Å². The van der Waals surface area contributed by atoms with E-state index in [-0.39, 0.29) is 12.1 Å². The van der Waals surface area contributed by atoms with Crippen LogP contribution in [-0.4, -0.2) is 37.1 Å². The fraction of sp³-hybridized carbons (Fsp3) is 0.321. The third-order valence-electron chi connectivity index (χ3n) is 5.98. The summed E-state index contributed by atoms with van der Waals surface area (Å²) in [5.41, 5.74) is 4.04. The van der Waals surface area contributed by atoms with Crippen LogP contribution in [0.15, 0.2) is 78.9 Å². The predicted molar refractivity (Wildman–Crippen MR) is 128 cm³/mol. The summed E-state index contributed by atoms with van der Waals surface area (Å²) < 4.78 is 11.5. The van der Waals surface area contributed by atoms with E-state index < -0.39 is 0 Å². The van der Waals surface area contributed by atoms with Gasteiger partial charge in [0.15, 0.2) is 0 Å². The molecule has 1 saturated heterocycles. The van der Waals surface area contributed by atoms with E-state index in [9.17, 15) is 4.79 Å². The molecule has 0 aliphatic carbocycles. The SMILES string of the molecule is CC(Oc1ccc(C(=O)OCCN2CCCCC2)cc1)c1ccc(-c2ccccc2)cc1. The molecule has 0 saturated carbocycles. The molecule has 0 bridgehead atoms. The number of benzene rings is 3. The number of esters is 1. The van der Waals surface area contributed by atoms with Crippen LogP contribution in [0.2, 0.25) is 0 Å². The van der Waals surface area contributed by atoms with E-state index in [1.165, 1.54) is 30.4 Å². The number of carbonyl (C=O) groups is 1. The van der Waals surface area contributed by atoms with Gasteiger partial charge in [-0.25, -0.2) is 4.79 Å². The monoisotopic (exact) mass is 429 g/mol. The van der Waals surface area contributed by atoms with Crippen molar-refractivity contribution in [3.05, 3.63) is 90.0 Å². The second kappa shape index (κ2) is 11.0. The summed E-state index contributed by atoms with van der Waals surface area (Å²) in [4.78, 5) is 14.7. The third-order valence-corrected chi connectivity index (χ3v) is 5.98. The molecule has 0 amide bonds. The number of hydrogen-bond acceptors (Lipinski definition) is 4. The van der Waals surface area contributed by atoms with Crippen molar-refractivity contribution in [2.24, 2.45) is 0 Å². The number of hydrogen-bond donors (Lipinski definition) is 0. The van der Waals surface area contributed by atoms with Gasteiger partial charge in [0.1, 0.15) is 18.5 Å². The van der Waals surface area contributed by atoms with E-state index in [1.54, 1.807) is 12.1 Å². The lowest BCUT2D eigenvalue weighted by Gasteiger charge is -2.25. The van der Waals surface area contributed by atoms with Crippen LogP contribution < -0.4 is 4.74 Å². The Kier molecular flexibility index (Phi) is 7.57. The molecule has 1 unspecified atom stereocenters. The Bertz CT molecular complexity index is 977. The maximum Gasteiger partial charge on any atom is 0.338 e. The molecule has 3 aromatic rings. The minimum atomic E-state index is -0.280. The lowest BCUT2D eigenvalue weighted by molar-refractivity contribution is 0.0452. The van der Waals surface area contributed by atoms with Crippen LogP contribution >= 0.6 is 0 Å². The van der Waals surface area contributed by atoms with Crippen LogP contribution in [0, 0.1) is 0 Å². The van der Waals surface area contributed by atoms with E-state index >= 15 is 0 Å². The van der Waals surface area contributed by atoms with Gasteiger partial charge in [-0.15, -0.1) is 0 Å². The third kappa shape index (κ3) is 5.98. The van der Waals surface area contributed by atoms with E-state index in [2.05, 4.69) is 41.3 Å². The van der Waals surface area contributed by atoms with Crippen molar-refractivity contribution in [3.8, 4) is 16.9 Å². The maximum absolute atomic E-state index is 12.3. The molecule has 166 valence electrons. The van der Waals surface area contributed by atoms with Gasteiger partial charge < -0.3 is 9.47 Å². The van der Waals surface area contributed by atoms with Gasteiger partial charge >= 0.3 is 5.97 Å². The van der Waals surface area contributed by atoms with Crippen LogP contribution in [0.25, 0.3) is 11.1 Å². The highest BCUT2D eigenvalue weighted by Gasteiger charge is 2.13. The standard InChI is InChI=1S/C28H31NO3/c1-22(23-10-12-25(13-11-23)24-8-4-2-5-9-24)32-27-16-14-26(15-17-27)28(30)31-21-20-29-18-6-3-7-19-29/h2,4-5,8-17,22H,3,6-7,18-21H2,1H3. The van der Waals surface area contributed by atoms with Gasteiger partial charge in [-0.3, -0.25) is 4.90 Å². The molecule has 0 radical (unpaired) electrons. The molecule has 0 aromatic heterocycles. The quantitative estimate of drug-likeness (QED) is 0.403.